The average Bonchev–Trinajstić information content (AvgIpc) is 2.48. The van der Waals surface area contributed by atoms with Gasteiger partial charge in [-0.15, -0.1) is 0 Å². The Morgan fingerprint density at radius 3 is 2.21 bits per heavy atom. The second kappa shape index (κ2) is 7.61. The Morgan fingerprint density at radius 2 is 1.68 bits per heavy atom. The number of carbonyl (C=O) groups is 2. The monoisotopic (exact) mass is 413 g/mol. The highest BCUT2D eigenvalue weighted by Gasteiger charge is 2.52. The molecule has 1 heterocycles. The quantitative estimate of drug-likeness (QED) is 0.589. The molecule has 1 saturated heterocycles. The zero-order chi connectivity index (χ0) is 21.4. The van der Waals surface area contributed by atoms with Crippen molar-refractivity contribution >= 4 is 11.9 Å². The third-order valence-electron chi connectivity index (χ3n) is 3.71. The number of nitrogens with one attached hydrogen (secondary N) is 1. The predicted molar refractivity (Wildman–Crippen MR) is 82.8 cm³/mol. The van der Waals surface area contributed by atoms with E-state index >= 15 is 0 Å². The summed E-state index contributed by atoms with van der Waals surface area (Å²) in [6.07, 6.45) is -11.9. The smallest absolute Gasteiger partial charge is 0.421 e. The Kier molecular flexibility index (Phi) is 5.98. The molecule has 0 spiro atoms. The molecule has 1 N–H and O–H groups in total. The molecular weight excluding hydrogens is 396 g/mol. The molecule has 1 unspecified atom stereocenters. The van der Waals surface area contributed by atoms with Gasteiger partial charge in [0.15, 0.2) is 17.4 Å². The molecule has 0 bridgehead atoms. The first-order valence-electron chi connectivity index (χ1n) is 8.08. The van der Waals surface area contributed by atoms with Gasteiger partial charge in [-0.1, -0.05) is 0 Å². The van der Waals surface area contributed by atoms with Crippen LogP contribution in [0.4, 0.5) is 31.1 Å². The Balaban J connectivity index is 2.40. The highest BCUT2D eigenvalue weighted by atomic mass is 19.4. The van der Waals surface area contributed by atoms with Crippen LogP contribution in [-0.4, -0.2) is 35.8 Å². The zero-order valence-corrected chi connectivity index (χ0v) is 15.0. The number of carbonyl (C=O) groups excluding carboxylic acids is 2. The number of ether oxygens (including phenoxy) is 2. The second-order valence-corrected chi connectivity index (χ2v) is 7.19. The number of benzene rings is 1. The van der Waals surface area contributed by atoms with Gasteiger partial charge in [-0.25, -0.2) is 18.0 Å². The molecule has 2 rings (SSSR count). The standard InChI is InChI=1S/C17H17F6NO4/c1-16(2,3)28-15(26)24-11-6-12(25)14(17(21,22)23)27-13(11)7-4-9(19)10(20)5-8(7)18/h4-5,11,13-14H,6H2,1-3H3,(H,24,26)/t11-,13+,14?/m0/s1. The van der Waals surface area contributed by atoms with Crippen LogP contribution in [0.15, 0.2) is 12.1 Å². The molecule has 0 radical (unpaired) electrons. The molecular formula is C17H17F6NO4. The van der Waals surface area contributed by atoms with E-state index in [-0.39, 0.29) is 6.07 Å². The van der Waals surface area contributed by atoms with Gasteiger partial charge in [-0.3, -0.25) is 4.79 Å². The van der Waals surface area contributed by atoms with Gasteiger partial charge in [0.25, 0.3) is 0 Å². The normalized spacial score (nSPS) is 23.5. The minimum absolute atomic E-state index is 0.136. The maximum Gasteiger partial charge on any atom is 0.421 e. The third-order valence-corrected chi connectivity index (χ3v) is 3.71. The van der Waals surface area contributed by atoms with Crippen LogP contribution in [0.1, 0.15) is 38.9 Å². The number of alkyl halides is 3. The zero-order valence-electron chi connectivity index (χ0n) is 15.0. The van der Waals surface area contributed by atoms with Crippen LogP contribution in [0, 0.1) is 17.5 Å². The largest absolute Gasteiger partial charge is 0.444 e. The number of alkyl carbamates (subject to hydrolysis) is 1. The van der Waals surface area contributed by atoms with Crippen molar-refractivity contribution in [3.63, 3.8) is 0 Å². The molecule has 1 amide bonds. The molecule has 1 aliphatic rings. The number of hydrogen-bond acceptors (Lipinski definition) is 4. The number of amides is 1. The van der Waals surface area contributed by atoms with Crippen LogP contribution in [0.3, 0.4) is 0 Å². The van der Waals surface area contributed by atoms with E-state index in [9.17, 15) is 35.9 Å². The van der Waals surface area contributed by atoms with Crippen molar-refractivity contribution in [2.24, 2.45) is 0 Å². The molecule has 11 heteroatoms. The molecule has 1 aromatic rings. The van der Waals surface area contributed by atoms with Gasteiger partial charge in [0, 0.05) is 18.1 Å². The number of hydrogen-bond donors (Lipinski definition) is 1. The van der Waals surface area contributed by atoms with E-state index < -0.39 is 71.3 Å². The number of halogens is 6. The van der Waals surface area contributed by atoms with Gasteiger partial charge >= 0.3 is 12.3 Å². The first-order valence-corrected chi connectivity index (χ1v) is 8.08. The van der Waals surface area contributed by atoms with E-state index in [1.54, 1.807) is 0 Å². The third kappa shape index (κ3) is 5.15. The van der Waals surface area contributed by atoms with E-state index in [4.69, 9.17) is 9.47 Å². The second-order valence-electron chi connectivity index (χ2n) is 7.19. The molecule has 0 saturated carbocycles. The number of Topliss-reactive ketones (excluding diaryl/α,β-unsaturated/α-hetero) is 1. The molecule has 0 aromatic heterocycles. The number of ketones is 1. The van der Waals surface area contributed by atoms with Crippen molar-refractivity contribution in [3.8, 4) is 0 Å². The molecule has 3 atom stereocenters. The van der Waals surface area contributed by atoms with Crippen molar-refractivity contribution in [1.29, 1.82) is 0 Å². The minimum Gasteiger partial charge on any atom is -0.444 e. The summed E-state index contributed by atoms with van der Waals surface area (Å²) in [7, 11) is 0. The van der Waals surface area contributed by atoms with Crippen LogP contribution in [0.5, 0.6) is 0 Å². The summed E-state index contributed by atoms with van der Waals surface area (Å²) in [5.74, 6) is -5.89. The molecule has 1 aliphatic heterocycles. The highest BCUT2D eigenvalue weighted by molar-refractivity contribution is 5.86. The SMILES string of the molecule is CC(C)(C)OC(=O)N[C@H]1CC(=O)C(C(F)(F)F)O[C@@H]1c1cc(F)c(F)cc1F. The van der Waals surface area contributed by atoms with E-state index in [0.29, 0.717) is 6.07 Å². The van der Waals surface area contributed by atoms with Gasteiger partial charge < -0.3 is 14.8 Å². The molecule has 1 aromatic carbocycles. The lowest BCUT2D eigenvalue weighted by Crippen LogP contribution is -2.53. The van der Waals surface area contributed by atoms with Gasteiger partial charge in [0.1, 0.15) is 17.5 Å². The summed E-state index contributed by atoms with van der Waals surface area (Å²) >= 11 is 0. The maximum atomic E-state index is 14.1. The predicted octanol–water partition coefficient (Wildman–Crippen LogP) is 3.96. The average molecular weight is 413 g/mol. The summed E-state index contributed by atoms with van der Waals surface area (Å²) in [6.45, 7) is 4.55. The topological polar surface area (TPSA) is 64.6 Å². The van der Waals surface area contributed by atoms with Crippen molar-refractivity contribution in [1.82, 2.24) is 5.32 Å². The van der Waals surface area contributed by atoms with Crippen molar-refractivity contribution in [2.75, 3.05) is 0 Å². The number of rotatable bonds is 2. The fourth-order valence-electron chi connectivity index (χ4n) is 2.64. The van der Waals surface area contributed by atoms with Crippen molar-refractivity contribution < 1.29 is 45.4 Å². The first kappa shape index (κ1) is 22.0. The van der Waals surface area contributed by atoms with Gasteiger partial charge in [-0.2, -0.15) is 13.2 Å². The van der Waals surface area contributed by atoms with Crippen LogP contribution in [0.25, 0.3) is 0 Å². The van der Waals surface area contributed by atoms with Crippen molar-refractivity contribution in [2.45, 2.75) is 57.2 Å². The Labute approximate surface area is 156 Å². The van der Waals surface area contributed by atoms with E-state index in [1.807, 2.05) is 0 Å². The van der Waals surface area contributed by atoms with Gasteiger partial charge in [0.2, 0.25) is 6.10 Å². The van der Waals surface area contributed by atoms with Gasteiger partial charge in [0.05, 0.1) is 6.04 Å². The summed E-state index contributed by atoms with van der Waals surface area (Å²) in [5, 5.41) is 2.13. The van der Waals surface area contributed by atoms with Crippen molar-refractivity contribution in [3.05, 3.63) is 35.1 Å². The molecule has 156 valence electrons. The molecule has 5 nitrogen and oxygen atoms in total. The lowest BCUT2D eigenvalue weighted by molar-refractivity contribution is -0.239. The van der Waals surface area contributed by atoms with Crippen LogP contribution in [-0.2, 0) is 14.3 Å². The lowest BCUT2D eigenvalue weighted by atomic mass is 9.92. The lowest BCUT2D eigenvalue weighted by Gasteiger charge is -2.37. The Bertz CT molecular complexity index is 772. The molecule has 0 aliphatic carbocycles. The molecule has 28 heavy (non-hydrogen) atoms. The Morgan fingerprint density at radius 1 is 1.11 bits per heavy atom. The fraction of sp³-hybridized carbons (Fsp3) is 0.529. The first-order chi connectivity index (χ1) is 12.7. The molecule has 1 fully saturated rings. The van der Waals surface area contributed by atoms with Crippen LogP contribution >= 0.6 is 0 Å². The fourth-order valence-corrected chi connectivity index (χ4v) is 2.64. The summed E-state index contributed by atoms with van der Waals surface area (Å²) < 4.78 is 89.6. The minimum atomic E-state index is -5.11. The summed E-state index contributed by atoms with van der Waals surface area (Å²) in [4.78, 5) is 23.8. The van der Waals surface area contributed by atoms with Crippen LogP contribution in [0.2, 0.25) is 0 Å². The maximum absolute atomic E-state index is 14.1. The van der Waals surface area contributed by atoms with Gasteiger partial charge in [-0.05, 0) is 26.8 Å². The summed E-state index contributed by atoms with van der Waals surface area (Å²) in [6, 6.07) is -1.04. The summed E-state index contributed by atoms with van der Waals surface area (Å²) in [5.41, 5.74) is -1.75. The van der Waals surface area contributed by atoms with E-state index in [0.717, 1.165) is 0 Å². The van der Waals surface area contributed by atoms with Crippen LogP contribution < -0.4 is 5.32 Å². The van der Waals surface area contributed by atoms with E-state index in [1.165, 1.54) is 20.8 Å². The van der Waals surface area contributed by atoms with E-state index in [2.05, 4.69) is 5.32 Å². The highest BCUT2D eigenvalue weighted by Crippen LogP contribution is 2.38. The Hall–Kier alpha value is -2.30.